The zero-order valence-corrected chi connectivity index (χ0v) is 18.1. The highest BCUT2D eigenvalue weighted by Gasteiger charge is 2.49. The van der Waals surface area contributed by atoms with Gasteiger partial charge in [0, 0.05) is 11.5 Å². The number of carbonyl (C=O) groups excluding carboxylic acids is 2. The van der Waals surface area contributed by atoms with E-state index in [1.807, 2.05) is 12.1 Å². The van der Waals surface area contributed by atoms with Gasteiger partial charge in [0.1, 0.15) is 24.3 Å². The molecule has 6 rings (SSSR count). The second-order valence-corrected chi connectivity index (χ2v) is 8.87. The maximum Gasteiger partial charge on any atom is 0.336 e. The highest BCUT2D eigenvalue weighted by Crippen LogP contribution is 2.37. The van der Waals surface area contributed by atoms with Gasteiger partial charge in [-0.3, -0.25) is 9.69 Å². The van der Waals surface area contributed by atoms with Crippen molar-refractivity contribution in [3.05, 3.63) is 69.1 Å². The van der Waals surface area contributed by atoms with Gasteiger partial charge in [0.15, 0.2) is 11.5 Å². The van der Waals surface area contributed by atoms with Crippen LogP contribution in [0.25, 0.3) is 11.0 Å². The fourth-order valence-electron chi connectivity index (χ4n) is 4.99. The molecule has 2 aliphatic heterocycles. The lowest BCUT2D eigenvalue weighted by atomic mass is 9.91. The Morgan fingerprint density at radius 2 is 1.73 bits per heavy atom. The van der Waals surface area contributed by atoms with Crippen molar-refractivity contribution in [3.63, 3.8) is 0 Å². The van der Waals surface area contributed by atoms with Crippen molar-refractivity contribution in [2.24, 2.45) is 0 Å². The minimum absolute atomic E-state index is 0.0221. The van der Waals surface area contributed by atoms with Gasteiger partial charge in [0.05, 0.1) is 6.54 Å². The Hall–Kier alpha value is -3.81. The van der Waals surface area contributed by atoms with E-state index in [1.54, 1.807) is 25.1 Å². The second-order valence-electron chi connectivity index (χ2n) is 8.87. The molecule has 2 aromatic carbocycles. The predicted octanol–water partition coefficient (Wildman–Crippen LogP) is 3.02. The van der Waals surface area contributed by atoms with Gasteiger partial charge in [0.25, 0.3) is 5.91 Å². The summed E-state index contributed by atoms with van der Waals surface area (Å²) >= 11 is 0. The van der Waals surface area contributed by atoms with Crippen LogP contribution >= 0.6 is 0 Å². The fraction of sp³-hybridized carbons (Fsp3) is 0.320. The monoisotopic (exact) mass is 446 g/mol. The lowest BCUT2D eigenvalue weighted by Crippen LogP contribution is -2.41. The van der Waals surface area contributed by atoms with E-state index in [0.29, 0.717) is 41.4 Å². The topological polar surface area (TPSA) is 98.1 Å². The first-order valence-electron chi connectivity index (χ1n) is 11.1. The molecule has 8 nitrogen and oxygen atoms in total. The zero-order valence-electron chi connectivity index (χ0n) is 18.1. The van der Waals surface area contributed by atoms with Crippen molar-refractivity contribution in [2.45, 2.75) is 38.3 Å². The number of carbonyl (C=O) groups is 2. The predicted molar refractivity (Wildman–Crippen MR) is 118 cm³/mol. The van der Waals surface area contributed by atoms with Gasteiger partial charge in [0.2, 0.25) is 0 Å². The van der Waals surface area contributed by atoms with Crippen molar-refractivity contribution in [1.29, 1.82) is 0 Å². The molecule has 33 heavy (non-hydrogen) atoms. The van der Waals surface area contributed by atoms with Gasteiger partial charge in [-0.1, -0.05) is 6.07 Å². The maximum atomic E-state index is 13.5. The first-order chi connectivity index (χ1) is 15.9. The first-order valence-corrected chi connectivity index (χ1v) is 11.1. The van der Waals surface area contributed by atoms with E-state index in [0.717, 1.165) is 29.5 Å². The van der Waals surface area contributed by atoms with Crippen LogP contribution in [0.4, 0.5) is 4.79 Å². The van der Waals surface area contributed by atoms with Crippen LogP contribution in [-0.4, -0.2) is 30.1 Å². The van der Waals surface area contributed by atoms with E-state index in [4.69, 9.17) is 13.9 Å². The minimum Gasteiger partial charge on any atom is -0.486 e. The molecule has 3 amide bonds. The molecule has 1 aromatic heterocycles. The Balaban J connectivity index is 1.36. The Bertz CT molecular complexity index is 1390. The molecule has 1 aliphatic carbocycles. The van der Waals surface area contributed by atoms with E-state index in [9.17, 15) is 14.4 Å². The summed E-state index contributed by atoms with van der Waals surface area (Å²) in [7, 11) is 0. The Labute approximate surface area is 189 Å². The lowest BCUT2D eigenvalue weighted by Gasteiger charge is -2.25. The van der Waals surface area contributed by atoms with Crippen molar-refractivity contribution < 1.29 is 23.5 Å². The van der Waals surface area contributed by atoms with Crippen molar-refractivity contribution in [1.82, 2.24) is 10.2 Å². The number of amides is 3. The molecule has 0 radical (unpaired) electrons. The smallest absolute Gasteiger partial charge is 0.336 e. The molecular weight excluding hydrogens is 424 g/mol. The molecule has 1 saturated heterocycles. The Morgan fingerprint density at radius 3 is 2.55 bits per heavy atom. The summed E-state index contributed by atoms with van der Waals surface area (Å²) < 4.78 is 16.6. The number of imide groups is 1. The highest BCUT2D eigenvalue weighted by molar-refractivity contribution is 6.07. The third-order valence-corrected chi connectivity index (χ3v) is 6.77. The highest BCUT2D eigenvalue weighted by atomic mass is 16.6. The van der Waals surface area contributed by atoms with E-state index in [1.165, 1.54) is 17.2 Å². The number of aryl methyl sites for hydroxylation is 2. The Kier molecular flexibility index (Phi) is 4.27. The van der Waals surface area contributed by atoms with Crippen LogP contribution in [0.3, 0.4) is 0 Å². The SMILES string of the molecule is C[C@]1(c2ccc3c(c2)OCCO3)NC(=O)N(Cc2cc(=O)oc3cc4c(cc23)CCC4)C1=O. The molecule has 0 spiro atoms. The lowest BCUT2D eigenvalue weighted by molar-refractivity contribution is -0.131. The number of nitrogens with one attached hydrogen (secondary N) is 1. The van der Waals surface area contributed by atoms with Crippen LogP contribution in [0, 0.1) is 0 Å². The van der Waals surface area contributed by atoms with E-state index >= 15 is 0 Å². The van der Waals surface area contributed by atoms with Gasteiger partial charge in [-0.2, -0.15) is 0 Å². The number of hydrogen-bond acceptors (Lipinski definition) is 6. The van der Waals surface area contributed by atoms with Gasteiger partial charge >= 0.3 is 11.7 Å². The van der Waals surface area contributed by atoms with E-state index in [-0.39, 0.29) is 6.54 Å². The third kappa shape index (κ3) is 3.08. The summed E-state index contributed by atoms with van der Waals surface area (Å²) in [5.74, 6) is 0.755. The van der Waals surface area contributed by atoms with Gasteiger partial charge in [-0.25, -0.2) is 9.59 Å². The normalized spacial score (nSPS) is 21.4. The molecule has 1 fully saturated rings. The molecule has 1 N–H and O–H groups in total. The third-order valence-electron chi connectivity index (χ3n) is 6.77. The summed E-state index contributed by atoms with van der Waals surface area (Å²) in [6, 6.07) is 10.0. The second kappa shape index (κ2) is 7.10. The van der Waals surface area contributed by atoms with Crippen molar-refractivity contribution in [2.75, 3.05) is 13.2 Å². The van der Waals surface area contributed by atoms with Crippen LogP contribution in [-0.2, 0) is 29.7 Å². The molecule has 3 aromatic rings. The summed E-state index contributed by atoms with van der Waals surface area (Å²) in [5, 5.41) is 3.57. The molecule has 168 valence electrons. The zero-order chi connectivity index (χ0) is 22.7. The number of rotatable bonds is 3. The molecule has 0 saturated carbocycles. The average molecular weight is 446 g/mol. The van der Waals surface area contributed by atoms with Gasteiger partial charge in [-0.15, -0.1) is 0 Å². The largest absolute Gasteiger partial charge is 0.486 e. The number of ether oxygens (including phenoxy) is 2. The fourth-order valence-corrected chi connectivity index (χ4v) is 4.99. The van der Waals surface area contributed by atoms with Crippen LogP contribution in [0.1, 0.15) is 35.6 Å². The maximum absolute atomic E-state index is 13.5. The molecule has 3 aliphatic rings. The number of benzene rings is 2. The van der Waals surface area contributed by atoms with Crippen LogP contribution < -0.4 is 20.4 Å². The quantitative estimate of drug-likeness (QED) is 0.491. The Morgan fingerprint density at radius 1 is 0.970 bits per heavy atom. The van der Waals surface area contributed by atoms with Gasteiger partial charge < -0.3 is 19.2 Å². The van der Waals surface area contributed by atoms with Crippen molar-refractivity contribution in [3.8, 4) is 11.5 Å². The molecular formula is C25H22N2O6. The standard InChI is InChI=1S/C25H22N2O6/c1-25(17-5-6-19-21(12-17)32-8-7-31-19)23(29)27(24(30)26-25)13-16-11-22(28)33-20-10-15-4-2-3-14(15)9-18(16)20/h5-6,9-12H,2-4,7-8,13H2,1H3,(H,26,30)/t25-/m1/s1. The molecule has 1 atom stereocenters. The average Bonchev–Trinajstić information content (AvgIpc) is 3.35. The summed E-state index contributed by atoms with van der Waals surface area (Å²) in [4.78, 5) is 39.8. The van der Waals surface area contributed by atoms with E-state index in [2.05, 4.69) is 5.32 Å². The number of fused-ring (bicyclic) bond motifs is 3. The molecule has 0 bridgehead atoms. The summed E-state index contributed by atoms with van der Waals surface area (Å²) in [6.45, 7) is 2.54. The summed E-state index contributed by atoms with van der Waals surface area (Å²) in [5.41, 5.74) is 2.31. The van der Waals surface area contributed by atoms with Crippen LogP contribution in [0.2, 0.25) is 0 Å². The number of hydrogen-bond donors (Lipinski definition) is 1. The number of urea groups is 1. The first kappa shape index (κ1) is 19.8. The van der Waals surface area contributed by atoms with Crippen LogP contribution in [0.5, 0.6) is 11.5 Å². The summed E-state index contributed by atoms with van der Waals surface area (Å²) in [6.07, 6.45) is 2.99. The van der Waals surface area contributed by atoms with Crippen LogP contribution in [0.15, 0.2) is 45.6 Å². The van der Waals surface area contributed by atoms with Gasteiger partial charge in [-0.05, 0) is 72.7 Å². The minimum atomic E-state index is -1.26. The van der Waals surface area contributed by atoms with Crippen molar-refractivity contribution >= 4 is 22.9 Å². The van der Waals surface area contributed by atoms with E-state index < -0.39 is 23.1 Å². The molecule has 0 unspecified atom stereocenters. The molecule has 8 heteroatoms. The molecule has 3 heterocycles. The number of nitrogens with zero attached hydrogens (tertiary/aromatic N) is 1.